The molecule has 3 heteroatoms. The fourth-order valence-corrected chi connectivity index (χ4v) is 3.02. The molecule has 0 spiro atoms. The topological polar surface area (TPSA) is 55.1 Å². The largest absolute Gasteiger partial charge is 0.351 e. The molecular weight excluding hydrogens is 224 g/mol. The lowest BCUT2D eigenvalue weighted by Gasteiger charge is -2.33. The van der Waals surface area contributed by atoms with E-state index in [1.165, 1.54) is 0 Å². The first kappa shape index (κ1) is 15.5. The van der Waals surface area contributed by atoms with Gasteiger partial charge < -0.3 is 11.1 Å². The molecule has 18 heavy (non-hydrogen) atoms. The van der Waals surface area contributed by atoms with E-state index in [0.717, 1.165) is 44.9 Å². The molecular formula is C15H30N2O. The molecule has 0 atom stereocenters. The van der Waals surface area contributed by atoms with E-state index in [4.69, 9.17) is 5.73 Å². The average Bonchev–Trinajstić information content (AvgIpc) is 2.39. The van der Waals surface area contributed by atoms with Gasteiger partial charge in [0.05, 0.1) is 0 Å². The van der Waals surface area contributed by atoms with Crippen molar-refractivity contribution in [1.29, 1.82) is 0 Å². The first-order valence-electron chi connectivity index (χ1n) is 7.61. The summed E-state index contributed by atoms with van der Waals surface area (Å²) in [6.45, 7) is 6.48. The SMILES string of the molecule is CCC(CC)(CC)NC(=O)CC1CCC(N)CC1. The smallest absolute Gasteiger partial charge is 0.220 e. The number of carbonyl (C=O) groups is 1. The quantitative estimate of drug-likeness (QED) is 0.765. The van der Waals surface area contributed by atoms with E-state index >= 15 is 0 Å². The molecule has 1 amide bonds. The summed E-state index contributed by atoms with van der Waals surface area (Å²) in [4.78, 5) is 12.1. The standard InChI is InChI=1S/C15H30N2O/c1-4-15(5-2,6-3)17-14(18)11-12-7-9-13(16)10-8-12/h12-13H,4-11,16H2,1-3H3,(H,17,18). The van der Waals surface area contributed by atoms with Gasteiger partial charge in [-0.15, -0.1) is 0 Å². The number of hydrogen-bond acceptors (Lipinski definition) is 2. The van der Waals surface area contributed by atoms with Gasteiger partial charge in [0.25, 0.3) is 0 Å². The number of amides is 1. The van der Waals surface area contributed by atoms with Crippen LogP contribution in [-0.2, 0) is 4.79 Å². The zero-order valence-electron chi connectivity index (χ0n) is 12.3. The highest BCUT2D eigenvalue weighted by molar-refractivity contribution is 5.77. The monoisotopic (exact) mass is 254 g/mol. The normalized spacial score (nSPS) is 24.9. The lowest BCUT2D eigenvalue weighted by molar-refractivity contribution is -0.124. The third-order valence-corrected chi connectivity index (χ3v) is 4.80. The molecule has 0 heterocycles. The van der Waals surface area contributed by atoms with E-state index in [1.807, 2.05) is 0 Å². The third-order valence-electron chi connectivity index (χ3n) is 4.80. The molecule has 106 valence electrons. The van der Waals surface area contributed by atoms with Gasteiger partial charge in [-0.25, -0.2) is 0 Å². The van der Waals surface area contributed by atoms with Crippen molar-refractivity contribution >= 4 is 5.91 Å². The summed E-state index contributed by atoms with van der Waals surface area (Å²) in [6, 6.07) is 0.366. The van der Waals surface area contributed by atoms with Crippen LogP contribution in [-0.4, -0.2) is 17.5 Å². The molecule has 1 aliphatic carbocycles. The Balaban J connectivity index is 2.41. The predicted molar refractivity (Wildman–Crippen MR) is 76.3 cm³/mol. The van der Waals surface area contributed by atoms with E-state index in [9.17, 15) is 4.79 Å². The van der Waals surface area contributed by atoms with Crippen molar-refractivity contribution in [3.05, 3.63) is 0 Å². The van der Waals surface area contributed by atoms with Crippen molar-refractivity contribution in [3.63, 3.8) is 0 Å². The fraction of sp³-hybridized carbons (Fsp3) is 0.933. The Hall–Kier alpha value is -0.570. The van der Waals surface area contributed by atoms with Crippen molar-refractivity contribution < 1.29 is 4.79 Å². The molecule has 1 rings (SSSR count). The van der Waals surface area contributed by atoms with Crippen LogP contribution in [0.15, 0.2) is 0 Å². The summed E-state index contributed by atoms with van der Waals surface area (Å²) < 4.78 is 0. The van der Waals surface area contributed by atoms with Crippen LogP contribution >= 0.6 is 0 Å². The minimum absolute atomic E-state index is 0.0160. The first-order valence-corrected chi connectivity index (χ1v) is 7.61. The lowest BCUT2D eigenvalue weighted by atomic mass is 9.83. The maximum Gasteiger partial charge on any atom is 0.220 e. The molecule has 0 aromatic rings. The van der Waals surface area contributed by atoms with Gasteiger partial charge in [0.2, 0.25) is 5.91 Å². The van der Waals surface area contributed by atoms with Gasteiger partial charge in [-0.05, 0) is 50.9 Å². The van der Waals surface area contributed by atoms with E-state index in [2.05, 4.69) is 26.1 Å². The molecule has 0 aromatic heterocycles. The highest BCUT2D eigenvalue weighted by atomic mass is 16.1. The Labute approximate surface area is 112 Å². The van der Waals surface area contributed by atoms with E-state index in [-0.39, 0.29) is 11.4 Å². The van der Waals surface area contributed by atoms with E-state index in [1.54, 1.807) is 0 Å². The van der Waals surface area contributed by atoms with Gasteiger partial charge in [-0.1, -0.05) is 20.8 Å². The molecule has 1 fully saturated rings. The predicted octanol–water partition coefficient (Wildman–Crippen LogP) is 2.98. The minimum Gasteiger partial charge on any atom is -0.351 e. The Kier molecular flexibility index (Phi) is 6.13. The minimum atomic E-state index is 0.0160. The zero-order valence-corrected chi connectivity index (χ0v) is 12.3. The molecule has 0 aliphatic heterocycles. The molecule has 0 aromatic carbocycles. The summed E-state index contributed by atoms with van der Waals surface area (Å²) in [7, 11) is 0. The van der Waals surface area contributed by atoms with Crippen molar-refractivity contribution in [2.24, 2.45) is 11.7 Å². The fourth-order valence-electron chi connectivity index (χ4n) is 3.02. The lowest BCUT2D eigenvalue weighted by Crippen LogP contribution is -2.47. The second-order valence-corrected chi connectivity index (χ2v) is 5.87. The average molecular weight is 254 g/mol. The second kappa shape index (κ2) is 7.13. The number of nitrogens with two attached hydrogens (primary N) is 1. The van der Waals surface area contributed by atoms with Crippen LogP contribution in [0.2, 0.25) is 0 Å². The summed E-state index contributed by atoms with van der Waals surface area (Å²) in [6.07, 6.45) is 8.13. The van der Waals surface area contributed by atoms with Crippen LogP contribution < -0.4 is 11.1 Å². The number of nitrogens with one attached hydrogen (secondary N) is 1. The third kappa shape index (κ3) is 4.27. The van der Waals surface area contributed by atoms with Crippen molar-refractivity contribution in [1.82, 2.24) is 5.32 Å². The van der Waals surface area contributed by atoms with Crippen LogP contribution in [0.25, 0.3) is 0 Å². The van der Waals surface area contributed by atoms with Gasteiger partial charge in [0.1, 0.15) is 0 Å². The molecule has 3 N–H and O–H groups in total. The number of rotatable bonds is 6. The van der Waals surface area contributed by atoms with Crippen LogP contribution in [0.5, 0.6) is 0 Å². The molecule has 0 unspecified atom stereocenters. The van der Waals surface area contributed by atoms with Gasteiger partial charge in [0, 0.05) is 18.0 Å². The van der Waals surface area contributed by atoms with Crippen molar-refractivity contribution in [3.8, 4) is 0 Å². The Morgan fingerprint density at radius 3 is 2.06 bits per heavy atom. The van der Waals surface area contributed by atoms with Gasteiger partial charge in [-0.2, -0.15) is 0 Å². The molecule has 0 bridgehead atoms. The highest BCUT2D eigenvalue weighted by Crippen LogP contribution is 2.27. The Bertz CT molecular complexity index is 245. The molecule has 1 aliphatic rings. The molecule has 3 nitrogen and oxygen atoms in total. The van der Waals surface area contributed by atoms with Crippen LogP contribution in [0.4, 0.5) is 0 Å². The molecule has 1 saturated carbocycles. The molecule has 0 saturated heterocycles. The van der Waals surface area contributed by atoms with Crippen molar-refractivity contribution in [2.45, 2.75) is 83.7 Å². The van der Waals surface area contributed by atoms with E-state index in [0.29, 0.717) is 18.4 Å². The van der Waals surface area contributed by atoms with Crippen LogP contribution in [0, 0.1) is 5.92 Å². The second-order valence-electron chi connectivity index (χ2n) is 5.87. The summed E-state index contributed by atoms with van der Waals surface area (Å²) in [5.74, 6) is 0.786. The van der Waals surface area contributed by atoms with Crippen LogP contribution in [0.1, 0.15) is 72.1 Å². The van der Waals surface area contributed by atoms with Crippen LogP contribution in [0.3, 0.4) is 0 Å². The van der Waals surface area contributed by atoms with Gasteiger partial charge in [0.15, 0.2) is 0 Å². The maximum atomic E-state index is 12.1. The maximum absolute atomic E-state index is 12.1. The summed E-state index contributed by atoms with van der Waals surface area (Å²) in [5, 5.41) is 3.27. The van der Waals surface area contributed by atoms with E-state index < -0.39 is 0 Å². The number of carbonyl (C=O) groups excluding carboxylic acids is 1. The van der Waals surface area contributed by atoms with Crippen molar-refractivity contribution in [2.75, 3.05) is 0 Å². The zero-order chi connectivity index (χ0) is 13.6. The summed E-state index contributed by atoms with van der Waals surface area (Å²) in [5.41, 5.74) is 5.91. The Morgan fingerprint density at radius 1 is 1.11 bits per heavy atom. The first-order chi connectivity index (χ1) is 8.55. The Morgan fingerprint density at radius 2 is 1.61 bits per heavy atom. The van der Waals surface area contributed by atoms with Gasteiger partial charge in [-0.3, -0.25) is 4.79 Å². The molecule has 0 radical (unpaired) electrons. The summed E-state index contributed by atoms with van der Waals surface area (Å²) >= 11 is 0. The highest BCUT2D eigenvalue weighted by Gasteiger charge is 2.27. The number of hydrogen-bond donors (Lipinski definition) is 2. The van der Waals surface area contributed by atoms with Gasteiger partial charge >= 0.3 is 0 Å².